The molecule has 18 heavy (non-hydrogen) atoms. The molecule has 0 aromatic rings. The van der Waals surface area contributed by atoms with Crippen molar-refractivity contribution in [3.63, 3.8) is 0 Å². The van der Waals surface area contributed by atoms with Gasteiger partial charge < -0.3 is 15.1 Å². The summed E-state index contributed by atoms with van der Waals surface area (Å²) in [5.74, 6) is 0.708. The summed E-state index contributed by atoms with van der Waals surface area (Å²) in [5.41, 5.74) is 0. The molecule has 0 aliphatic heterocycles. The molecule has 3 heteroatoms. The standard InChI is InChI=1S/C15H35N3/c1-7-10-16-15(14(3)4)13-18(8-2)12-9-11-17(5)6/h14-16H,7-13H2,1-6H3. The molecule has 0 radical (unpaired) electrons. The third-order valence-corrected chi connectivity index (χ3v) is 3.44. The predicted molar refractivity (Wildman–Crippen MR) is 82.2 cm³/mol. The van der Waals surface area contributed by atoms with E-state index in [1.807, 2.05) is 0 Å². The van der Waals surface area contributed by atoms with Gasteiger partial charge in [-0.2, -0.15) is 0 Å². The van der Waals surface area contributed by atoms with Crippen LogP contribution < -0.4 is 5.32 Å². The molecule has 0 bridgehead atoms. The van der Waals surface area contributed by atoms with Gasteiger partial charge in [0.15, 0.2) is 0 Å². The molecule has 1 unspecified atom stereocenters. The van der Waals surface area contributed by atoms with Crippen molar-refractivity contribution >= 4 is 0 Å². The SMILES string of the molecule is CCCNC(CN(CC)CCCN(C)C)C(C)C. The van der Waals surface area contributed by atoms with E-state index in [9.17, 15) is 0 Å². The highest BCUT2D eigenvalue weighted by molar-refractivity contribution is 4.75. The Morgan fingerprint density at radius 1 is 1.06 bits per heavy atom. The van der Waals surface area contributed by atoms with Gasteiger partial charge in [-0.25, -0.2) is 0 Å². The summed E-state index contributed by atoms with van der Waals surface area (Å²) in [5, 5.41) is 3.68. The van der Waals surface area contributed by atoms with Crippen LogP contribution in [-0.4, -0.2) is 62.7 Å². The maximum Gasteiger partial charge on any atom is 0.0217 e. The Morgan fingerprint density at radius 3 is 2.17 bits per heavy atom. The molecule has 0 rings (SSSR count). The minimum atomic E-state index is 0.629. The number of hydrogen-bond donors (Lipinski definition) is 1. The molecule has 3 nitrogen and oxygen atoms in total. The Bertz CT molecular complexity index is 181. The lowest BCUT2D eigenvalue weighted by molar-refractivity contribution is 0.216. The van der Waals surface area contributed by atoms with Crippen LogP contribution in [0.4, 0.5) is 0 Å². The van der Waals surface area contributed by atoms with Gasteiger partial charge in [0.25, 0.3) is 0 Å². The maximum atomic E-state index is 3.68. The first kappa shape index (κ1) is 17.9. The van der Waals surface area contributed by atoms with Gasteiger partial charge in [-0.05, 0) is 59.0 Å². The fourth-order valence-corrected chi connectivity index (χ4v) is 2.11. The minimum absolute atomic E-state index is 0.629. The molecule has 0 spiro atoms. The van der Waals surface area contributed by atoms with E-state index in [0.29, 0.717) is 12.0 Å². The Balaban J connectivity index is 4.03. The Labute approximate surface area is 115 Å². The van der Waals surface area contributed by atoms with Crippen molar-refractivity contribution in [2.24, 2.45) is 5.92 Å². The minimum Gasteiger partial charge on any atom is -0.312 e. The van der Waals surface area contributed by atoms with Crippen LogP contribution in [0, 0.1) is 5.92 Å². The van der Waals surface area contributed by atoms with Gasteiger partial charge in [0.05, 0.1) is 0 Å². The zero-order valence-electron chi connectivity index (χ0n) is 13.5. The Kier molecular flexibility index (Phi) is 10.7. The van der Waals surface area contributed by atoms with Crippen molar-refractivity contribution in [2.45, 2.75) is 46.6 Å². The van der Waals surface area contributed by atoms with Gasteiger partial charge >= 0.3 is 0 Å². The molecule has 0 amide bonds. The van der Waals surface area contributed by atoms with Crippen LogP contribution in [0.25, 0.3) is 0 Å². The summed E-state index contributed by atoms with van der Waals surface area (Å²) in [6.07, 6.45) is 2.48. The summed E-state index contributed by atoms with van der Waals surface area (Å²) in [6, 6.07) is 0.629. The third kappa shape index (κ3) is 8.90. The summed E-state index contributed by atoms with van der Waals surface area (Å²) in [4.78, 5) is 4.85. The molecular weight excluding hydrogens is 222 g/mol. The largest absolute Gasteiger partial charge is 0.312 e. The fraction of sp³-hybridized carbons (Fsp3) is 1.00. The Morgan fingerprint density at radius 2 is 1.72 bits per heavy atom. The summed E-state index contributed by atoms with van der Waals surface area (Å²) < 4.78 is 0. The molecule has 0 saturated carbocycles. The van der Waals surface area contributed by atoms with Crippen molar-refractivity contribution in [2.75, 3.05) is 46.8 Å². The molecule has 0 aliphatic rings. The first-order chi connectivity index (χ1) is 8.51. The van der Waals surface area contributed by atoms with E-state index in [1.54, 1.807) is 0 Å². The average Bonchev–Trinajstić information content (AvgIpc) is 2.31. The van der Waals surface area contributed by atoms with E-state index in [0.717, 1.165) is 13.1 Å². The first-order valence-electron chi connectivity index (χ1n) is 7.61. The monoisotopic (exact) mass is 257 g/mol. The van der Waals surface area contributed by atoms with Crippen LogP contribution in [0.3, 0.4) is 0 Å². The summed E-state index contributed by atoms with van der Waals surface area (Å²) in [7, 11) is 4.30. The van der Waals surface area contributed by atoms with Crippen molar-refractivity contribution in [3.8, 4) is 0 Å². The second-order valence-corrected chi connectivity index (χ2v) is 5.85. The smallest absolute Gasteiger partial charge is 0.0217 e. The lowest BCUT2D eigenvalue weighted by atomic mass is 10.0. The quantitative estimate of drug-likeness (QED) is 0.613. The number of hydrogen-bond acceptors (Lipinski definition) is 3. The predicted octanol–water partition coefficient (Wildman–Crippen LogP) is 2.28. The number of nitrogens with zero attached hydrogens (tertiary/aromatic N) is 2. The molecule has 1 N–H and O–H groups in total. The highest BCUT2D eigenvalue weighted by Gasteiger charge is 2.15. The molecular formula is C15H35N3. The van der Waals surface area contributed by atoms with E-state index in [1.165, 1.54) is 32.5 Å². The van der Waals surface area contributed by atoms with Crippen LogP contribution in [0.1, 0.15) is 40.5 Å². The number of nitrogens with one attached hydrogen (secondary N) is 1. The number of rotatable bonds is 11. The zero-order valence-corrected chi connectivity index (χ0v) is 13.5. The van der Waals surface area contributed by atoms with Crippen molar-refractivity contribution in [1.82, 2.24) is 15.1 Å². The van der Waals surface area contributed by atoms with E-state index < -0.39 is 0 Å². The van der Waals surface area contributed by atoms with Gasteiger partial charge in [-0.15, -0.1) is 0 Å². The van der Waals surface area contributed by atoms with E-state index in [-0.39, 0.29) is 0 Å². The van der Waals surface area contributed by atoms with E-state index in [4.69, 9.17) is 0 Å². The number of likely N-dealkylation sites (N-methyl/N-ethyl adjacent to an activating group) is 1. The molecule has 0 saturated heterocycles. The van der Waals surface area contributed by atoms with Crippen molar-refractivity contribution < 1.29 is 0 Å². The van der Waals surface area contributed by atoms with Gasteiger partial charge in [-0.1, -0.05) is 27.7 Å². The highest BCUT2D eigenvalue weighted by Crippen LogP contribution is 2.05. The van der Waals surface area contributed by atoms with Crippen LogP contribution in [0.5, 0.6) is 0 Å². The van der Waals surface area contributed by atoms with Crippen LogP contribution in [0.2, 0.25) is 0 Å². The lowest BCUT2D eigenvalue weighted by Crippen LogP contribution is -2.45. The topological polar surface area (TPSA) is 18.5 Å². The third-order valence-electron chi connectivity index (χ3n) is 3.44. The lowest BCUT2D eigenvalue weighted by Gasteiger charge is -2.30. The normalized spacial score (nSPS) is 13.8. The molecule has 0 heterocycles. The highest BCUT2D eigenvalue weighted by atomic mass is 15.2. The van der Waals surface area contributed by atoms with Crippen molar-refractivity contribution in [1.29, 1.82) is 0 Å². The maximum absolute atomic E-state index is 3.68. The Hall–Kier alpha value is -0.120. The van der Waals surface area contributed by atoms with Gasteiger partial charge in [0.1, 0.15) is 0 Å². The molecule has 0 aromatic heterocycles. The second-order valence-electron chi connectivity index (χ2n) is 5.85. The summed E-state index contributed by atoms with van der Waals surface area (Å²) in [6.45, 7) is 15.0. The molecule has 0 aromatic carbocycles. The van der Waals surface area contributed by atoms with Crippen LogP contribution >= 0.6 is 0 Å². The fourth-order valence-electron chi connectivity index (χ4n) is 2.11. The van der Waals surface area contributed by atoms with Crippen molar-refractivity contribution in [3.05, 3.63) is 0 Å². The van der Waals surface area contributed by atoms with Crippen LogP contribution in [-0.2, 0) is 0 Å². The summed E-state index contributed by atoms with van der Waals surface area (Å²) >= 11 is 0. The molecule has 0 aliphatic carbocycles. The van der Waals surface area contributed by atoms with Crippen LogP contribution in [0.15, 0.2) is 0 Å². The zero-order chi connectivity index (χ0) is 14.0. The van der Waals surface area contributed by atoms with E-state index >= 15 is 0 Å². The molecule has 0 fully saturated rings. The molecule has 110 valence electrons. The second kappa shape index (κ2) is 10.8. The van der Waals surface area contributed by atoms with E-state index in [2.05, 4.69) is 56.9 Å². The average molecular weight is 257 g/mol. The van der Waals surface area contributed by atoms with Gasteiger partial charge in [0, 0.05) is 12.6 Å². The first-order valence-corrected chi connectivity index (χ1v) is 7.61. The van der Waals surface area contributed by atoms with Gasteiger partial charge in [0.2, 0.25) is 0 Å². The van der Waals surface area contributed by atoms with Gasteiger partial charge in [-0.3, -0.25) is 0 Å². The molecule has 1 atom stereocenters.